The first-order valence-electron chi connectivity index (χ1n) is 16.3. The van der Waals surface area contributed by atoms with Crippen molar-refractivity contribution in [2.75, 3.05) is 0 Å². The molecule has 0 radical (unpaired) electrons. The molecule has 0 saturated carbocycles. The molecule has 7 aromatic carbocycles. The minimum absolute atomic E-state index is 0.225. The van der Waals surface area contributed by atoms with E-state index in [2.05, 4.69) is 170 Å². The molecule has 0 aliphatic heterocycles. The van der Waals surface area contributed by atoms with Crippen LogP contribution in [0.1, 0.15) is 29.0 Å². The van der Waals surface area contributed by atoms with Crippen molar-refractivity contribution >= 4 is 64.2 Å². The summed E-state index contributed by atoms with van der Waals surface area (Å²) in [4.78, 5) is 0. The maximum absolute atomic E-state index is 4.54. The van der Waals surface area contributed by atoms with Gasteiger partial charge in [0.05, 0.1) is 0 Å². The van der Waals surface area contributed by atoms with E-state index in [1.807, 2.05) is 11.3 Å². The third kappa shape index (κ3) is 5.01. The Morgan fingerprint density at radius 1 is 0.489 bits per heavy atom. The third-order valence-electron chi connectivity index (χ3n) is 9.73. The summed E-state index contributed by atoms with van der Waals surface area (Å²) in [6, 6.07) is 55.6. The summed E-state index contributed by atoms with van der Waals surface area (Å²) in [5.41, 5.74) is 9.93. The largest absolute Gasteiger partial charge is 0.135 e. The molecule has 1 aromatic heterocycles. The topological polar surface area (TPSA) is 0 Å². The van der Waals surface area contributed by atoms with Crippen molar-refractivity contribution in [2.45, 2.75) is 12.3 Å². The Morgan fingerprint density at radius 2 is 1.17 bits per heavy atom. The fourth-order valence-electron chi connectivity index (χ4n) is 7.32. The van der Waals surface area contributed by atoms with E-state index in [1.165, 1.54) is 80.7 Å². The fraction of sp³-hybridized carbons (Fsp3) is 0.0435. The van der Waals surface area contributed by atoms with Crippen molar-refractivity contribution in [3.8, 4) is 11.1 Å². The number of fused-ring (bicyclic) bond motifs is 6. The van der Waals surface area contributed by atoms with Crippen molar-refractivity contribution in [1.82, 2.24) is 0 Å². The molecule has 1 aliphatic carbocycles. The van der Waals surface area contributed by atoms with Crippen molar-refractivity contribution < 1.29 is 0 Å². The van der Waals surface area contributed by atoms with E-state index in [0.29, 0.717) is 0 Å². The Kier molecular flexibility index (Phi) is 6.73. The molecule has 222 valence electrons. The summed E-state index contributed by atoms with van der Waals surface area (Å²) in [5, 5.41) is 7.84. The van der Waals surface area contributed by atoms with Crippen LogP contribution in [0.4, 0.5) is 0 Å². The molecule has 0 N–H and O–H groups in total. The molecule has 47 heavy (non-hydrogen) atoms. The average Bonchev–Trinajstić information content (AvgIpc) is 3.40. The molecule has 1 heteroatoms. The van der Waals surface area contributed by atoms with Gasteiger partial charge in [-0.2, -0.15) is 0 Å². The van der Waals surface area contributed by atoms with E-state index < -0.39 is 0 Å². The number of hydrogen-bond donors (Lipinski definition) is 0. The lowest BCUT2D eigenvalue weighted by molar-refractivity contribution is 0.883. The van der Waals surface area contributed by atoms with Crippen LogP contribution >= 0.6 is 11.3 Å². The van der Waals surface area contributed by atoms with Gasteiger partial charge in [-0.3, -0.25) is 0 Å². The van der Waals surface area contributed by atoms with Crippen LogP contribution in [-0.4, -0.2) is 0 Å². The van der Waals surface area contributed by atoms with Gasteiger partial charge in [0.25, 0.3) is 0 Å². The van der Waals surface area contributed by atoms with E-state index in [-0.39, 0.29) is 5.92 Å². The van der Waals surface area contributed by atoms with Crippen molar-refractivity contribution in [1.29, 1.82) is 0 Å². The summed E-state index contributed by atoms with van der Waals surface area (Å²) in [7, 11) is 0. The quantitative estimate of drug-likeness (QED) is 0.173. The van der Waals surface area contributed by atoms with Gasteiger partial charge < -0.3 is 0 Å². The Labute approximate surface area is 279 Å². The number of rotatable bonds is 4. The fourth-order valence-corrected chi connectivity index (χ4v) is 8.44. The Bertz CT molecular complexity index is 2540. The molecule has 1 atom stereocenters. The second-order valence-corrected chi connectivity index (χ2v) is 13.7. The van der Waals surface area contributed by atoms with Crippen LogP contribution in [0.2, 0.25) is 0 Å². The molecular weight excluding hydrogens is 585 g/mol. The van der Waals surface area contributed by atoms with Crippen LogP contribution in [0, 0.1) is 0 Å². The molecule has 0 amide bonds. The molecule has 1 unspecified atom stereocenters. The Balaban J connectivity index is 1.12. The normalized spacial score (nSPS) is 15.2. The summed E-state index contributed by atoms with van der Waals surface area (Å²) in [6.45, 7) is 4.54. The summed E-state index contributed by atoms with van der Waals surface area (Å²) in [6.07, 6.45) is 5.67. The maximum Gasteiger partial charge on any atom is 0.0361 e. The van der Waals surface area contributed by atoms with Gasteiger partial charge in [-0.15, -0.1) is 11.3 Å². The molecule has 0 nitrogen and oxygen atoms in total. The second-order valence-electron chi connectivity index (χ2n) is 12.6. The zero-order chi connectivity index (χ0) is 31.3. The molecule has 0 fully saturated rings. The second kappa shape index (κ2) is 11.4. The zero-order valence-corrected chi connectivity index (χ0v) is 26.8. The van der Waals surface area contributed by atoms with E-state index in [0.717, 1.165) is 12.0 Å². The SMILES string of the molecule is C=C1C=C(c2ccccc2)CC(c2ccc3sc4cc(-c5ccc6c(ccc7ccccc76)c5)ccc4c3c2)C=C1c1ccccc1. The van der Waals surface area contributed by atoms with Crippen molar-refractivity contribution in [3.05, 3.63) is 193 Å². The molecule has 8 aromatic rings. The summed E-state index contributed by atoms with van der Waals surface area (Å²) >= 11 is 1.89. The Morgan fingerprint density at radius 3 is 2.00 bits per heavy atom. The number of thiophene rings is 1. The smallest absolute Gasteiger partial charge is 0.0361 e. The van der Waals surface area contributed by atoms with Crippen LogP contribution in [0.3, 0.4) is 0 Å². The van der Waals surface area contributed by atoms with Gasteiger partial charge >= 0.3 is 0 Å². The van der Waals surface area contributed by atoms with Gasteiger partial charge in [0, 0.05) is 26.1 Å². The van der Waals surface area contributed by atoms with Gasteiger partial charge in [-0.1, -0.05) is 146 Å². The van der Waals surface area contributed by atoms with Crippen molar-refractivity contribution in [3.63, 3.8) is 0 Å². The van der Waals surface area contributed by atoms with Crippen molar-refractivity contribution in [2.24, 2.45) is 0 Å². The highest BCUT2D eigenvalue weighted by Crippen LogP contribution is 2.43. The highest BCUT2D eigenvalue weighted by Gasteiger charge is 2.21. The molecular formula is C46H32S. The van der Waals surface area contributed by atoms with E-state index in [9.17, 15) is 0 Å². The number of benzene rings is 7. The summed E-state index contributed by atoms with van der Waals surface area (Å²) < 4.78 is 2.66. The van der Waals surface area contributed by atoms with Crippen LogP contribution < -0.4 is 0 Å². The zero-order valence-electron chi connectivity index (χ0n) is 26.0. The number of hydrogen-bond acceptors (Lipinski definition) is 1. The molecule has 0 spiro atoms. The van der Waals surface area contributed by atoms with E-state index in [1.54, 1.807) is 0 Å². The predicted octanol–water partition coefficient (Wildman–Crippen LogP) is 13.2. The van der Waals surface area contributed by atoms with Crippen LogP contribution in [0.5, 0.6) is 0 Å². The lowest BCUT2D eigenvalue weighted by atomic mass is 9.88. The lowest BCUT2D eigenvalue weighted by Gasteiger charge is -2.16. The van der Waals surface area contributed by atoms with Gasteiger partial charge in [-0.05, 0) is 96.8 Å². The minimum atomic E-state index is 0.225. The molecule has 1 heterocycles. The van der Waals surface area contributed by atoms with E-state index >= 15 is 0 Å². The highest BCUT2D eigenvalue weighted by molar-refractivity contribution is 7.25. The number of allylic oxidation sites excluding steroid dienone is 5. The van der Waals surface area contributed by atoms with Gasteiger partial charge in [0.2, 0.25) is 0 Å². The molecule has 0 saturated heterocycles. The minimum Gasteiger partial charge on any atom is -0.135 e. The third-order valence-corrected chi connectivity index (χ3v) is 10.9. The molecule has 1 aliphatic rings. The van der Waals surface area contributed by atoms with Gasteiger partial charge in [-0.25, -0.2) is 0 Å². The summed E-state index contributed by atoms with van der Waals surface area (Å²) in [5.74, 6) is 0.225. The first-order chi connectivity index (χ1) is 23.2. The molecule has 9 rings (SSSR count). The lowest BCUT2D eigenvalue weighted by Crippen LogP contribution is -1.97. The van der Waals surface area contributed by atoms with E-state index in [4.69, 9.17) is 0 Å². The highest BCUT2D eigenvalue weighted by atomic mass is 32.1. The Hall–Kier alpha value is -5.50. The van der Waals surface area contributed by atoms with Gasteiger partial charge in [0.1, 0.15) is 0 Å². The van der Waals surface area contributed by atoms with Crippen LogP contribution in [0.25, 0.3) is 64.0 Å². The predicted molar refractivity (Wildman–Crippen MR) is 205 cm³/mol. The van der Waals surface area contributed by atoms with Crippen LogP contribution in [0.15, 0.2) is 176 Å². The van der Waals surface area contributed by atoms with Crippen LogP contribution in [-0.2, 0) is 0 Å². The van der Waals surface area contributed by atoms with Gasteiger partial charge in [0.15, 0.2) is 0 Å². The molecule has 0 bridgehead atoms. The monoisotopic (exact) mass is 616 g/mol. The first kappa shape index (κ1) is 27.8. The standard InChI is InChI=1S/C46H32S/c1-30-24-38(31-10-4-2-5-11-31)26-39(28-43(30)32-12-6-3-7-13-32)35-20-23-45-44(27-35)42-22-19-36(29-46(42)47-45)34-18-21-41-37(25-34)17-16-33-14-8-9-15-40(33)41/h2-25,27-29,39H,1,26H2. The first-order valence-corrected chi connectivity index (χ1v) is 17.1. The maximum atomic E-state index is 4.54. The average molecular weight is 617 g/mol.